The number of aryl methyl sites for hydroxylation is 1. The smallest absolute Gasteiger partial charge is 0.351 e. The minimum atomic E-state index is -3.28. The van der Waals surface area contributed by atoms with Crippen LogP contribution in [0.15, 0.2) is 11.0 Å². The van der Waals surface area contributed by atoms with E-state index in [1.165, 1.54) is 11.7 Å². The third-order valence-corrected chi connectivity index (χ3v) is 5.16. The van der Waals surface area contributed by atoms with Crippen molar-refractivity contribution in [2.45, 2.75) is 52.6 Å². The number of hydrogen-bond acceptors (Lipinski definition) is 7. The quantitative estimate of drug-likeness (QED) is 0.670. The second-order valence-electron chi connectivity index (χ2n) is 5.14. The SMILES string of the molecule is CC[C@H](OC(C)n1cc(C)c(N)nc1=O)C(C)OP(O)(=S)OC. The first-order valence-corrected chi connectivity index (χ1v) is 9.78. The molecule has 1 rings (SSSR count). The van der Waals surface area contributed by atoms with Crippen molar-refractivity contribution in [3.63, 3.8) is 0 Å². The number of hydrogen-bond donors (Lipinski definition) is 2. The lowest BCUT2D eigenvalue weighted by Crippen LogP contribution is -2.34. The third kappa shape index (κ3) is 5.63. The number of nitrogens with two attached hydrogens (primary N) is 1. The molecule has 3 N–H and O–H groups in total. The Labute approximate surface area is 140 Å². The van der Waals surface area contributed by atoms with Gasteiger partial charge in [-0.1, -0.05) is 6.92 Å². The topological polar surface area (TPSA) is 109 Å². The van der Waals surface area contributed by atoms with Crippen LogP contribution in [0.25, 0.3) is 0 Å². The fourth-order valence-corrected chi connectivity index (χ4v) is 3.07. The Balaban J connectivity index is 2.89. The molecule has 3 unspecified atom stereocenters. The molecule has 0 aromatic carbocycles. The van der Waals surface area contributed by atoms with Gasteiger partial charge < -0.3 is 24.4 Å². The van der Waals surface area contributed by atoms with E-state index < -0.39 is 24.7 Å². The van der Waals surface area contributed by atoms with Crippen LogP contribution in [0.1, 0.15) is 39.0 Å². The maximum Gasteiger partial charge on any atom is 0.351 e. The highest BCUT2D eigenvalue weighted by molar-refractivity contribution is 8.07. The van der Waals surface area contributed by atoms with Crippen molar-refractivity contribution >= 4 is 24.3 Å². The standard InChI is InChI=1S/C13H24N3O5PS/c1-6-11(9(3)21-22(18,23)19-5)20-10(4)16-7-8(2)12(14)15-13(16)17/h7,9-11H,6H2,1-5H3,(H,18,23)(H2,14,15,17)/t9?,10?,11-,22?/m0/s1. The Kier molecular flexibility index (Phi) is 7.31. The molecule has 0 aliphatic carbocycles. The highest BCUT2D eigenvalue weighted by Gasteiger charge is 2.26. The van der Waals surface area contributed by atoms with Crippen molar-refractivity contribution in [2.24, 2.45) is 0 Å². The molecule has 1 aromatic rings. The molecule has 0 spiro atoms. The van der Waals surface area contributed by atoms with Crippen LogP contribution < -0.4 is 11.4 Å². The van der Waals surface area contributed by atoms with Gasteiger partial charge in [-0.15, -0.1) is 0 Å². The number of aromatic nitrogens is 2. The Morgan fingerprint density at radius 2 is 2.13 bits per heavy atom. The summed E-state index contributed by atoms with van der Waals surface area (Å²) >= 11 is 4.83. The van der Waals surface area contributed by atoms with Crippen molar-refractivity contribution in [1.82, 2.24) is 9.55 Å². The molecule has 10 heteroatoms. The van der Waals surface area contributed by atoms with Gasteiger partial charge in [0.2, 0.25) is 0 Å². The van der Waals surface area contributed by atoms with E-state index in [0.717, 1.165) is 0 Å². The minimum Gasteiger partial charge on any atom is -0.383 e. The van der Waals surface area contributed by atoms with Gasteiger partial charge in [0.1, 0.15) is 12.0 Å². The average molecular weight is 365 g/mol. The molecule has 0 aliphatic rings. The van der Waals surface area contributed by atoms with E-state index in [1.54, 1.807) is 27.0 Å². The fourth-order valence-electron chi connectivity index (χ4n) is 2.02. The molecular weight excluding hydrogens is 341 g/mol. The first-order chi connectivity index (χ1) is 10.6. The summed E-state index contributed by atoms with van der Waals surface area (Å²) in [6, 6.07) is 0. The van der Waals surface area contributed by atoms with Crippen LogP contribution >= 0.6 is 6.72 Å². The van der Waals surface area contributed by atoms with Gasteiger partial charge in [0.25, 0.3) is 0 Å². The van der Waals surface area contributed by atoms with Crippen LogP contribution in [-0.4, -0.2) is 33.8 Å². The van der Waals surface area contributed by atoms with E-state index >= 15 is 0 Å². The van der Waals surface area contributed by atoms with Gasteiger partial charge in [0, 0.05) is 18.9 Å². The van der Waals surface area contributed by atoms with E-state index in [1.807, 2.05) is 6.92 Å². The van der Waals surface area contributed by atoms with Crippen LogP contribution in [-0.2, 0) is 25.6 Å². The molecule has 1 aromatic heterocycles. The summed E-state index contributed by atoms with van der Waals surface area (Å²) in [4.78, 5) is 25.4. The van der Waals surface area contributed by atoms with Crippen LogP contribution in [0.4, 0.5) is 5.82 Å². The van der Waals surface area contributed by atoms with Gasteiger partial charge in [-0.25, -0.2) is 4.79 Å². The van der Waals surface area contributed by atoms with E-state index in [9.17, 15) is 9.69 Å². The molecule has 0 saturated heterocycles. The van der Waals surface area contributed by atoms with Gasteiger partial charge in [-0.2, -0.15) is 4.98 Å². The minimum absolute atomic E-state index is 0.197. The van der Waals surface area contributed by atoms with Crippen molar-refractivity contribution in [3.8, 4) is 0 Å². The summed E-state index contributed by atoms with van der Waals surface area (Å²) < 4.78 is 17.4. The number of rotatable bonds is 8. The molecule has 0 fully saturated rings. The summed E-state index contributed by atoms with van der Waals surface area (Å²) in [5.74, 6) is 0.197. The molecule has 0 aliphatic heterocycles. The summed E-state index contributed by atoms with van der Waals surface area (Å²) in [6.45, 7) is 3.83. The van der Waals surface area contributed by atoms with Crippen LogP contribution in [0.2, 0.25) is 0 Å². The Morgan fingerprint density at radius 1 is 1.52 bits per heavy atom. The molecule has 0 amide bonds. The fraction of sp³-hybridized carbons (Fsp3) is 0.692. The highest BCUT2D eigenvalue weighted by atomic mass is 32.5. The summed E-state index contributed by atoms with van der Waals surface area (Å²) in [7, 11) is 1.29. The number of anilines is 1. The Hall–Kier alpha value is -0.830. The number of nitrogens with zero attached hydrogens (tertiary/aromatic N) is 2. The molecule has 1 heterocycles. The van der Waals surface area contributed by atoms with Gasteiger partial charge in [-0.05, 0) is 39.0 Å². The molecule has 23 heavy (non-hydrogen) atoms. The van der Waals surface area contributed by atoms with E-state index in [0.29, 0.717) is 12.0 Å². The maximum atomic E-state index is 11.9. The van der Waals surface area contributed by atoms with E-state index in [-0.39, 0.29) is 11.9 Å². The Morgan fingerprint density at radius 3 is 2.65 bits per heavy atom. The molecule has 132 valence electrons. The first-order valence-electron chi connectivity index (χ1n) is 7.19. The van der Waals surface area contributed by atoms with Gasteiger partial charge in [-0.3, -0.25) is 4.57 Å². The zero-order valence-corrected chi connectivity index (χ0v) is 15.6. The Bertz CT molecular complexity index is 639. The van der Waals surface area contributed by atoms with Crippen molar-refractivity contribution in [3.05, 3.63) is 22.2 Å². The van der Waals surface area contributed by atoms with Gasteiger partial charge >= 0.3 is 12.4 Å². The summed E-state index contributed by atoms with van der Waals surface area (Å²) in [5, 5.41) is 0. The zero-order chi connectivity index (χ0) is 17.8. The normalized spacial score (nSPS) is 18.2. The average Bonchev–Trinajstić information content (AvgIpc) is 2.47. The summed E-state index contributed by atoms with van der Waals surface area (Å²) in [6.07, 6.45) is 0.723. The van der Waals surface area contributed by atoms with E-state index in [2.05, 4.69) is 4.98 Å². The lowest BCUT2D eigenvalue weighted by Gasteiger charge is -2.29. The molecule has 0 bridgehead atoms. The molecule has 0 radical (unpaired) electrons. The monoisotopic (exact) mass is 365 g/mol. The predicted octanol–water partition coefficient (Wildman–Crippen LogP) is 1.72. The van der Waals surface area contributed by atoms with Crippen LogP contribution in [0.5, 0.6) is 0 Å². The molecular formula is C13H24N3O5PS. The first kappa shape index (κ1) is 20.2. The molecule has 8 nitrogen and oxygen atoms in total. The summed E-state index contributed by atoms with van der Waals surface area (Å²) in [5.41, 5.74) is 5.81. The number of nitrogen functional groups attached to an aromatic ring is 1. The lowest BCUT2D eigenvalue weighted by molar-refractivity contribution is -0.0911. The largest absolute Gasteiger partial charge is 0.383 e. The van der Waals surface area contributed by atoms with Gasteiger partial charge in [0.05, 0.1) is 12.2 Å². The van der Waals surface area contributed by atoms with Crippen LogP contribution in [0.3, 0.4) is 0 Å². The maximum absolute atomic E-state index is 11.9. The lowest BCUT2D eigenvalue weighted by atomic mass is 10.2. The zero-order valence-electron chi connectivity index (χ0n) is 13.9. The van der Waals surface area contributed by atoms with Crippen LogP contribution in [0, 0.1) is 6.92 Å². The van der Waals surface area contributed by atoms with Crippen molar-refractivity contribution < 1.29 is 18.7 Å². The van der Waals surface area contributed by atoms with Crippen molar-refractivity contribution in [1.29, 1.82) is 0 Å². The van der Waals surface area contributed by atoms with Gasteiger partial charge in [0.15, 0.2) is 0 Å². The highest BCUT2D eigenvalue weighted by Crippen LogP contribution is 2.44. The van der Waals surface area contributed by atoms with E-state index in [4.69, 9.17) is 31.3 Å². The second-order valence-corrected chi connectivity index (χ2v) is 8.04. The second kappa shape index (κ2) is 8.32. The predicted molar refractivity (Wildman–Crippen MR) is 91.6 cm³/mol. The third-order valence-electron chi connectivity index (χ3n) is 3.39. The molecule has 0 saturated carbocycles. The number of ether oxygens (including phenoxy) is 1. The van der Waals surface area contributed by atoms with Crippen molar-refractivity contribution in [2.75, 3.05) is 12.8 Å². The molecule has 4 atom stereocenters.